The van der Waals surface area contributed by atoms with E-state index in [1.54, 1.807) is 0 Å². The molecule has 0 saturated carbocycles. The van der Waals surface area contributed by atoms with Gasteiger partial charge in [0, 0.05) is 19.2 Å². The Kier molecular flexibility index (Phi) is 2.99. The van der Waals surface area contributed by atoms with E-state index in [9.17, 15) is 0 Å². The van der Waals surface area contributed by atoms with E-state index in [1.165, 1.54) is 25.9 Å². The summed E-state index contributed by atoms with van der Waals surface area (Å²) in [4.78, 5) is 6.77. The first-order valence-electron chi connectivity index (χ1n) is 5.28. The Balaban J connectivity index is 1.88. The molecule has 14 heavy (non-hydrogen) atoms. The van der Waals surface area contributed by atoms with Crippen molar-refractivity contribution < 1.29 is 0 Å². The summed E-state index contributed by atoms with van der Waals surface area (Å²) in [7, 11) is 0. The van der Waals surface area contributed by atoms with E-state index < -0.39 is 0 Å². The van der Waals surface area contributed by atoms with Crippen LogP contribution in [0.2, 0.25) is 0 Å². The van der Waals surface area contributed by atoms with E-state index in [-0.39, 0.29) is 0 Å². The lowest BCUT2D eigenvalue weighted by Crippen LogP contribution is -2.22. The molecule has 0 aromatic carbocycles. The molecule has 0 amide bonds. The number of aromatic nitrogens is 1. The second kappa shape index (κ2) is 4.42. The van der Waals surface area contributed by atoms with Crippen molar-refractivity contribution in [3.8, 4) is 0 Å². The number of nitrogen functional groups attached to an aromatic ring is 1. The Morgan fingerprint density at radius 2 is 2.14 bits per heavy atom. The van der Waals surface area contributed by atoms with Gasteiger partial charge in [-0.25, -0.2) is 0 Å². The maximum atomic E-state index is 5.82. The van der Waals surface area contributed by atoms with E-state index in [0.29, 0.717) is 0 Å². The van der Waals surface area contributed by atoms with Crippen LogP contribution in [0.3, 0.4) is 0 Å². The highest BCUT2D eigenvalue weighted by molar-refractivity contribution is 5.41. The molecule has 0 spiro atoms. The molecule has 2 rings (SSSR count). The van der Waals surface area contributed by atoms with E-state index >= 15 is 0 Å². The molecule has 1 aliphatic heterocycles. The van der Waals surface area contributed by atoms with Gasteiger partial charge in [-0.2, -0.15) is 0 Å². The lowest BCUT2D eigenvalue weighted by atomic mass is 10.2. The third-order valence-corrected chi connectivity index (χ3v) is 2.79. The van der Waals surface area contributed by atoms with Gasteiger partial charge in [0.05, 0.1) is 11.4 Å². The zero-order valence-electron chi connectivity index (χ0n) is 8.45. The van der Waals surface area contributed by atoms with Crippen molar-refractivity contribution in [2.75, 3.05) is 25.4 Å². The Hall–Kier alpha value is -1.09. The van der Waals surface area contributed by atoms with Gasteiger partial charge in [-0.15, -0.1) is 0 Å². The van der Waals surface area contributed by atoms with Crippen molar-refractivity contribution in [2.45, 2.75) is 19.3 Å². The number of nitrogens with two attached hydrogens (primary N) is 1. The zero-order chi connectivity index (χ0) is 9.80. The number of likely N-dealkylation sites (tertiary alicyclic amines) is 1. The fourth-order valence-electron chi connectivity index (χ4n) is 1.93. The highest BCUT2D eigenvalue weighted by Crippen LogP contribution is 2.11. The van der Waals surface area contributed by atoms with Gasteiger partial charge in [-0.05, 0) is 38.1 Å². The van der Waals surface area contributed by atoms with Crippen LogP contribution < -0.4 is 5.73 Å². The molecule has 2 N–H and O–H groups in total. The summed E-state index contributed by atoms with van der Waals surface area (Å²) in [5.74, 6) is 0. The van der Waals surface area contributed by atoms with Crippen LogP contribution in [0.25, 0.3) is 0 Å². The summed E-state index contributed by atoms with van der Waals surface area (Å²) in [6.45, 7) is 3.58. The predicted molar refractivity (Wildman–Crippen MR) is 58.0 cm³/mol. The van der Waals surface area contributed by atoms with Crippen LogP contribution in [0.5, 0.6) is 0 Å². The fourth-order valence-corrected chi connectivity index (χ4v) is 1.93. The number of rotatable bonds is 3. The van der Waals surface area contributed by atoms with Crippen molar-refractivity contribution in [2.24, 2.45) is 0 Å². The molecule has 3 heteroatoms. The Labute approximate surface area is 84.9 Å². The minimum Gasteiger partial charge on any atom is -0.397 e. The van der Waals surface area contributed by atoms with Crippen molar-refractivity contribution in [3.63, 3.8) is 0 Å². The van der Waals surface area contributed by atoms with Gasteiger partial charge in [0.2, 0.25) is 0 Å². The van der Waals surface area contributed by atoms with Gasteiger partial charge in [0.25, 0.3) is 0 Å². The summed E-state index contributed by atoms with van der Waals surface area (Å²) in [6.07, 6.45) is 5.48. The van der Waals surface area contributed by atoms with Crippen molar-refractivity contribution in [1.29, 1.82) is 0 Å². The SMILES string of the molecule is Nc1cccnc1CCN1CCCC1. The number of nitrogens with zero attached hydrogens (tertiary/aromatic N) is 2. The molecule has 1 aliphatic rings. The first-order valence-corrected chi connectivity index (χ1v) is 5.28. The smallest absolute Gasteiger partial charge is 0.0645 e. The average molecular weight is 191 g/mol. The van der Waals surface area contributed by atoms with Gasteiger partial charge in [-0.1, -0.05) is 0 Å². The highest BCUT2D eigenvalue weighted by atomic mass is 15.1. The van der Waals surface area contributed by atoms with Gasteiger partial charge >= 0.3 is 0 Å². The van der Waals surface area contributed by atoms with Crippen molar-refractivity contribution in [1.82, 2.24) is 9.88 Å². The van der Waals surface area contributed by atoms with Crippen LogP contribution in [-0.4, -0.2) is 29.5 Å². The van der Waals surface area contributed by atoms with Crippen LogP contribution in [0, 0.1) is 0 Å². The lowest BCUT2D eigenvalue weighted by Gasteiger charge is -2.14. The summed E-state index contributed by atoms with van der Waals surface area (Å²) >= 11 is 0. The molecule has 1 aromatic rings. The van der Waals surface area contributed by atoms with Crippen molar-refractivity contribution >= 4 is 5.69 Å². The average Bonchev–Trinajstić information content (AvgIpc) is 2.69. The standard InChI is InChI=1S/C11H17N3/c12-10-4-3-6-13-11(10)5-9-14-7-1-2-8-14/h3-4,6H,1-2,5,7-9,12H2. The minimum atomic E-state index is 0.826. The minimum absolute atomic E-state index is 0.826. The number of pyridine rings is 1. The van der Waals surface area contributed by atoms with Crippen LogP contribution >= 0.6 is 0 Å². The molecule has 1 saturated heterocycles. The second-order valence-electron chi connectivity index (χ2n) is 3.84. The summed E-state index contributed by atoms with van der Waals surface area (Å²) in [5.41, 5.74) is 7.69. The second-order valence-corrected chi connectivity index (χ2v) is 3.84. The van der Waals surface area contributed by atoms with E-state index in [2.05, 4.69) is 9.88 Å². The highest BCUT2D eigenvalue weighted by Gasteiger charge is 2.11. The number of hydrogen-bond acceptors (Lipinski definition) is 3. The molecule has 2 heterocycles. The van der Waals surface area contributed by atoms with Crippen LogP contribution in [0.4, 0.5) is 5.69 Å². The third-order valence-electron chi connectivity index (χ3n) is 2.79. The molecule has 0 unspecified atom stereocenters. The van der Waals surface area contributed by atoms with E-state index in [4.69, 9.17) is 5.73 Å². The molecule has 3 nitrogen and oxygen atoms in total. The molecule has 0 bridgehead atoms. The zero-order valence-corrected chi connectivity index (χ0v) is 8.45. The largest absolute Gasteiger partial charge is 0.397 e. The van der Waals surface area contributed by atoms with E-state index in [0.717, 1.165) is 24.3 Å². The number of anilines is 1. The van der Waals surface area contributed by atoms with Crippen LogP contribution in [-0.2, 0) is 6.42 Å². The Morgan fingerprint density at radius 1 is 1.36 bits per heavy atom. The van der Waals surface area contributed by atoms with E-state index in [1.807, 2.05) is 18.3 Å². The summed E-state index contributed by atoms with van der Waals surface area (Å²) in [5, 5.41) is 0. The summed E-state index contributed by atoms with van der Waals surface area (Å²) in [6, 6.07) is 3.81. The maximum Gasteiger partial charge on any atom is 0.0645 e. The quantitative estimate of drug-likeness (QED) is 0.783. The van der Waals surface area contributed by atoms with Gasteiger partial charge in [0.1, 0.15) is 0 Å². The van der Waals surface area contributed by atoms with Gasteiger partial charge in [0.15, 0.2) is 0 Å². The Bertz CT molecular complexity index is 292. The summed E-state index contributed by atoms with van der Waals surface area (Å²) < 4.78 is 0. The molecule has 0 aliphatic carbocycles. The molecule has 1 fully saturated rings. The topological polar surface area (TPSA) is 42.1 Å². The number of hydrogen-bond donors (Lipinski definition) is 1. The molecule has 0 radical (unpaired) electrons. The predicted octanol–water partition coefficient (Wildman–Crippen LogP) is 1.30. The van der Waals surface area contributed by atoms with Gasteiger partial charge < -0.3 is 10.6 Å². The lowest BCUT2D eigenvalue weighted by molar-refractivity contribution is 0.342. The first kappa shape index (κ1) is 9.46. The first-order chi connectivity index (χ1) is 6.86. The molecule has 76 valence electrons. The third kappa shape index (κ3) is 2.23. The molecule has 1 aromatic heterocycles. The van der Waals surface area contributed by atoms with Crippen molar-refractivity contribution in [3.05, 3.63) is 24.0 Å². The molecular weight excluding hydrogens is 174 g/mol. The monoisotopic (exact) mass is 191 g/mol. The van der Waals surface area contributed by atoms with Crippen LogP contribution in [0.15, 0.2) is 18.3 Å². The maximum absolute atomic E-state index is 5.82. The fraction of sp³-hybridized carbons (Fsp3) is 0.545. The normalized spacial score (nSPS) is 17.4. The van der Waals surface area contributed by atoms with Gasteiger partial charge in [-0.3, -0.25) is 4.98 Å². The Morgan fingerprint density at radius 3 is 2.86 bits per heavy atom. The van der Waals surface area contributed by atoms with Crippen LogP contribution in [0.1, 0.15) is 18.5 Å². The molecular formula is C11H17N3. The molecule has 0 atom stereocenters.